The van der Waals surface area contributed by atoms with Gasteiger partial charge in [-0.1, -0.05) is 24.3 Å². The third-order valence-electron chi connectivity index (χ3n) is 4.65. The van der Waals surface area contributed by atoms with Gasteiger partial charge in [0.25, 0.3) is 5.88 Å². The highest BCUT2D eigenvalue weighted by Gasteiger charge is 2.16. The van der Waals surface area contributed by atoms with E-state index in [0.29, 0.717) is 24.2 Å². The summed E-state index contributed by atoms with van der Waals surface area (Å²) < 4.78 is 5.83. The largest absolute Gasteiger partial charge is 0.475 e. The maximum absolute atomic E-state index is 9.28. The number of pyridine rings is 1. The summed E-state index contributed by atoms with van der Waals surface area (Å²) in [7, 11) is 0. The SMILES string of the molecule is N#Cc1ncc(Nc2cc3ccccc3cn2)nc1OCC1CCNCC1. The molecule has 1 saturated heterocycles. The lowest BCUT2D eigenvalue weighted by atomic mass is 9.99. The van der Waals surface area contributed by atoms with Gasteiger partial charge in [0.2, 0.25) is 5.69 Å². The van der Waals surface area contributed by atoms with Crippen LogP contribution in [0, 0.1) is 17.2 Å². The number of hydrogen-bond donors (Lipinski definition) is 2. The zero-order chi connectivity index (χ0) is 18.5. The van der Waals surface area contributed by atoms with Crippen molar-refractivity contribution in [2.45, 2.75) is 12.8 Å². The summed E-state index contributed by atoms with van der Waals surface area (Å²) in [6.07, 6.45) is 5.46. The maximum atomic E-state index is 9.28. The fourth-order valence-electron chi connectivity index (χ4n) is 3.14. The van der Waals surface area contributed by atoms with Crippen molar-refractivity contribution in [1.82, 2.24) is 20.3 Å². The summed E-state index contributed by atoms with van der Waals surface area (Å²) in [5.74, 6) is 1.90. The highest BCUT2D eigenvalue weighted by molar-refractivity contribution is 5.84. The van der Waals surface area contributed by atoms with Crippen molar-refractivity contribution >= 4 is 22.4 Å². The number of fused-ring (bicyclic) bond motifs is 1. The van der Waals surface area contributed by atoms with Crippen LogP contribution in [0.1, 0.15) is 18.5 Å². The third-order valence-corrected chi connectivity index (χ3v) is 4.65. The molecule has 1 aliphatic rings. The lowest BCUT2D eigenvalue weighted by Crippen LogP contribution is -2.30. The van der Waals surface area contributed by atoms with Gasteiger partial charge in [0, 0.05) is 11.6 Å². The van der Waals surface area contributed by atoms with Crippen LogP contribution >= 0.6 is 0 Å². The molecule has 1 aromatic carbocycles. The molecule has 7 nitrogen and oxygen atoms in total. The van der Waals surface area contributed by atoms with E-state index in [1.807, 2.05) is 42.6 Å². The summed E-state index contributed by atoms with van der Waals surface area (Å²) in [6, 6.07) is 12.0. The molecule has 27 heavy (non-hydrogen) atoms. The second-order valence-electron chi connectivity index (χ2n) is 6.57. The molecule has 0 aliphatic carbocycles. The highest BCUT2D eigenvalue weighted by Crippen LogP contribution is 2.22. The zero-order valence-corrected chi connectivity index (χ0v) is 14.9. The molecule has 0 amide bonds. The van der Waals surface area contributed by atoms with Crippen LogP contribution < -0.4 is 15.4 Å². The smallest absolute Gasteiger partial charge is 0.253 e. The second-order valence-corrected chi connectivity index (χ2v) is 6.57. The fraction of sp³-hybridized carbons (Fsp3) is 0.300. The van der Waals surface area contributed by atoms with E-state index in [4.69, 9.17) is 4.74 Å². The van der Waals surface area contributed by atoms with Crippen molar-refractivity contribution in [3.63, 3.8) is 0 Å². The van der Waals surface area contributed by atoms with Crippen LogP contribution in [-0.2, 0) is 0 Å². The molecule has 0 spiro atoms. The van der Waals surface area contributed by atoms with Gasteiger partial charge in [0.05, 0.1) is 12.8 Å². The molecule has 0 saturated carbocycles. The lowest BCUT2D eigenvalue weighted by molar-refractivity contribution is 0.208. The van der Waals surface area contributed by atoms with E-state index in [-0.39, 0.29) is 11.6 Å². The van der Waals surface area contributed by atoms with Crippen molar-refractivity contribution in [1.29, 1.82) is 5.26 Å². The van der Waals surface area contributed by atoms with Gasteiger partial charge in [-0.2, -0.15) is 10.2 Å². The van der Waals surface area contributed by atoms with Crippen molar-refractivity contribution < 1.29 is 4.74 Å². The predicted octanol–water partition coefficient (Wildman–Crippen LogP) is 3.02. The molecule has 3 heterocycles. The van der Waals surface area contributed by atoms with Crippen molar-refractivity contribution in [2.24, 2.45) is 5.92 Å². The van der Waals surface area contributed by atoms with E-state index in [2.05, 4.69) is 25.6 Å². The summed E-state index contributed by atoms with van der Waals surface area (Å²) in [5, 5.41) is 17.9. The Morgan fingerprint density at radius 3 is 2.74 bits per heavy atom. The number of nitrogens with one attached hydrogen (secondary N) is 2. The predicted molar refractivity (Wildman–Crippen MR) is 103 cm³/mol. The summed E-state index contributed by atoms with van der Waals surface area (Å²) in [4.78, 5) is 13.0. The van der Waals surface area contributed by atoms with Crippen molar-refractivity contribution in [3.8, 4) is 11.9 Å². The fourth-order valence-corrected chi connectivity index (χ4v) is 3.14. The van der Waals surface area contributed by atoms with E-state index in [1.165, 1.54) is 6.20 Å². The number of rotatable bonds is 5. The first-order valence-corrected chi connectivity index (χ1v) is 9.04. The first kappa shape index (κ1) is 17.2. The molecule has 2 aromatic heterocycles. The number of piperidine rings is 1. The molecule has 4 rings (SSSR count). The number of ether oxygens (including phenoxy) is 1. The molecule has 3 aromatic rings. The van der Waals surface area contributed by atoms with Crippen LogP contribution in [0.3, 0.4) is 0 Å². The van der Waals surface area contributed by atoms with Crippen LogP contribution in [0.5, 0.6) is 5.88 Å². The standard InChI is InChI=1S/C20H20N6O/c21-10-17-20(27-13-14-5-7-22-8-6-14)26-19(12-23-17)25-18-9-15-3-1-2-4-16(15)11-24-18/h1-4,9,11-12,14,22H,5-8,13H2,(H,24,25,26). The number of anilines is 2. The van der Waals surface area contributed by atoms with Crippen LogP contribution in [0.4, 0.5) is 11.6 Å². The van der Waals surface area contributed by atoms with Crippen LogP contribution in [0.15, 0.2) is 42.7 Å². The topological polar surface area (TPSA) is 95.8 Å². The van der Waals surface area contributed by atoms with Gasteiger partial charge >= 0.3 is 0 Å². The minimum absolute atomic E-state index is 0.195. The Morgan fingerprint density at radius 2 is 1.93 bits per heavy atom. The first-order chi connectivity index (χ1) is 13.3. The maximum Gasteiger partial charge on any atom is 0.253 e. The Bertz CT molecular complexity index is 978. The Morgan fingerprint density at radius 1 is 1.11 bits per heavy atom. The van der Waals surface area contributed by atoms with Gasteiger partial charge in [0.1, 0.15) is 11.9 Å². The second kappa shape index (κ2) is 7.98. The Hall–Kier alpha value is -3.24. The normalized spacial score (nSPS) is 14.6. The van der Waals surface area contributed by atoms with Gasteiger partial charge in [-0.15, -0.1) is 0 Å². The number of nitrogens with zero attached hydrogens (tertiary/aromatic N) is 4. The van der Waals surface area contributed by atoms with Crippen molar-refractivity contribution in [3.05, 3.63) is 48.4 Å². The first-order valence-electron chi connectivity index (χ1n) is 9.04. The number of aromatic nitrogens is 3. The molecule has 0 radical (unpaired) electrons. The van der Waals surface area contributed by atoms with E-state index in [0.717, 1.165) is 36.7 Å². The Balaban J connectivity index is 1.51. The molecule has 2 N–H and O–H groups in total. The average molecular weight is 360 g/mol. The Kier molecular flexibility index (Phi) is 5.08. The van der Waals surface area contributed by atoms with Gasteiger partial charge in [-0.3, -0.25) is 0 Å². The van der Waals surface area contributed by atoms with Gasteiger partial charge in [0.15, 0.2) is 5.82 Å². The quantitative estimate of drug-likeness (QED) is 0.722. The molecular formula is C20H20N6O. The third kappa shape index (κ3) is 4.13. The Labute approximate surface area is 157 Å². The zero-order valence-electron chi connectivity index (χ0n) is 14.9. The molecular weight excluding hydrogens is 340 g/mol. The minimum Gasteiger partial charge on any atom is -0.475 e. The molecule has 7 heteroatoms. The van der Waals surface area contributed by atoms with Gasteiger partial charge in [-0.05, 0) is 43.3 Å². The highest BCUT2D eigenvalue weighted by atomic mass is 16.5. The van der Waals surface area contributed by atoms with E-state index in [1.54, 1.807) is 0 Å². The number of nitriles is 1. The van der Waals surface area contributed by atoms with Gasteiger partial charge < -0.3 is 15.4 Å². The summed E-state index contributed by atoms with van der Waals surface area (Å²) >= 11 is 0. The average Bonchev–Trinajstić information content (AvgIpc) is 2.73. The summed E-state index contributed by atoms with van der Waals surface area (Å²) in [5.41, 5.74) is 0.195. The molecule has 136 valence electrons. The number of hydrogen-bond acceptors (Lipinski definition) is 7. The van der Waals surface area contributed by atoms with Crippen LogP contribution in [0.25, 0.3) is 10.8 Å². The number of benzene rings is 1. The molecule has 1 aliphatic heterocycles. The summed E-state index contributed by atoms with van der Waals surface area (Å²) in [6.45, 7) is 2.54. The van der Waals surface area contributed by atoms with Crippen molar-refractivity contribution in [2.75, 3.05) is 25.0 Å². The monoisotopic (exact) mass is 360 g/mol. The van der Waals surface area contributed by atoms with Crippen LogP contribution in [-0.4, -0.2) is 34.6 Å². The molecule has 1 fully saturated rings. The minimum atomic E-state index is 0.195. The van der Waals surface area contributed by atoms with E-state index < -0.39 is 0 Å². The van der Waals surface area contributed by atoms with E-state index >= 15 is 0 Å². The van der Waals surface area contributed by atoms with E-state index in [9.17, 15) is 5.26 Å². The van der Waals surface area contributed by atoms with Crippen LogP contribution in [0.2, 0.25) is 0 Å². The van der Waals surface area contributed by atoms with Gasteiger partial charge in [-0.25, -0.2) is 9.97 Å². The molecule has 0 atom stereocenters. The molecule has 0 bridgehead atoms. The lowest BCUT2D eigenvalue weighted by Gasteiger charge is -2.22. The molecule has 0 unspecified atom stereocenters.